The number of rotatable bonds is 2. The Morgan fingerprint density at radius 1 is 1.33 bits per heavy atom. The summed E-state index contributed by atoms with van der Waals surface area (Å²) in [5.74, 6) is -0.185. The number of aromatic nitrogens is 2. The van der Waals surface area contributed by atoms with Crippen LogP contribution in [0.2, 0.25) is 0 Å². The largest absolute Gasteiger partial charge is 0.335 e. The van der Waals surface area contributed by atoms with E-state index in [0.29, 0.717) is 24.0 Å². The Labute approximate surface area is 120 Å². The zero-order valence-corrected chi connectivity index (χ0v) is 11.6. The predicted molar refractivity (Wildman–Crippen MR) is 76.1 cm³/mol. The molecule has 21 heavy (non-hydrogen) atoms. The van der Waals surface area contributed by atoms with E-state index in [-0.39, 0.29) is 17.3 Å². The molecule has 0 bridgehead atoms. The number of amides is 1. The van der Waals surface area contributed by atoms with Crippen LogP contribution in [0.15, 0.2) is 18.2 Å². The van der Waals surface area contributed by atoms with Crippen LogP contribution in [0, 0.1) is 10.1 Å². The summed E-state index contributed by atoms with van der Waals surface area (Å²) >= 11 is 0. The zero-order chi connectivity index (χ0) is 15.0. The van der Waals surface area contributed by atoms with Gasteiger partial charge in [0.15, 0.2) is 5.69 Å². The van der Waals surface area contributed by atoms with Crippen molar-refractivity contribution in [3.8, 4) is 0 Å². The second-order valence-electron chi connectivity index (χ2n) is 5.15. The molecule has 1 fully saturated rings. The Morgan fingerprint density at radius 3 is 2.71 bits per heavy atom. The molecule has 2 heterocycles. The van der Waals surface area contributed by atoms with Crippen LogP contribution in [-0.2, 0) is 0 Å². The molecule has 1 aliphatic heterocycles. The van der Waals surface area contributed by atoms with Crippen LogP contribution in [0.4, 0.5) is 5.69 Å². The molecule has 1 aliphatic rings. The molecule has 110 valence electrons. The van der Waals surface area contributed by atoms with Crippen LogP contribution in [0.5, 0.6) is 0 Å². The van der Waals surface area contributed by atoms with Gasteiger partial charge >= 0.3 is 0 Å². The summed E-state index contributed by atoms with van der Waals surface area (Å²) in [5.41, 5.74) is 0.827. The van der Waals surface area contributed by atoms with Gasteiger partial charge in [-0.1, -0.05) is 0 Å². The molecule has 0 unspecified atom stereocenters. The van der Waals surface area contributed by atoms with Gasteiger partial charge in [0.2, 0.25) is 0 Å². The van der Waals surface area contributed by atoms with E-state index in [1.807, 2.05) is 7.05 Å². The minimum atomic E-state index is -0.476. The van der Waals surface area contributed by atoms with Crippen molar-refractivity contribution in [3.63, 3.8) is 0 Å². The van der Waals surface area contributed by atoms with Crippen LogP contribution in [0.3, 0.4) is 0 Å². The number of nitro benzene ring substituents is 1. The van der Waals surface area contributed by atoms with Crippen molar-refractivity contribution in [2.45, 2.75) is 0 Å². The third-order valence-corrected chi connectivity index (χ3v) is 3.75. The van der Waals surface area contributed by atoms with Crippen molar-refractivity contribution >= 4 is 22.5 Å². The molecule has 1 aromatic heterocycles. The van der Waals surface area contributed by atoms with Gasteiger partial charge in [0.25, 0.3) is 11.6 Å². The molecule has 1 aromatic carbocycles. The molecule has 0 saturated carbocycles. The van der Waals surface area contributed by atoms with Crippen molar-refractivity contribution in [3.05, 3.63) is 34.0 Å². The van der Waals surface area contributed by atoms with E-state index in [4.69, 9.17) is 0 Å². The summed E-state index contributed by atoms with van der Waals surface area (Å²) in [4.78, 5) is 26.8. The van der Waals surface area contributed by atoms with Gasteiger partial charge in [-0.05, 0) is 13.1 Å². The lowest BCUT2D eigenvalue weighted by molar-refractivity contribution is -0.384. The fourth-order valence-electron chi connectivity index (χ4n) is 2.44. The van der Waals surface area contributed by atoms with Crippen molar-refractivity contribution in [2.24, 2.45) is 0 Å². The Bertz CT molecular complexity index is 703. The van der Waals surface area contributed by atoms with Crippen LogP contribution >= 0.6 is 0 Å². The molecule has 0 atom stereocenters. The van der Waals surface area contributed by atoms with Crippen molar-refractivity contribution in [2.75, 3.05) is 33.2 Å². The number of fused-ring (bicyclic) bond motifs is 1. The lowest BCUT2D eigenvalue weighted by Crippen LogP contribution is -2.47. The maximum atomic E-state index is 12.5. The topological polar surface area (TPSA) is 95.4 Å². The number of piperazine rings is 1. The summed E-state index contributed by atoms with van der Waals surface area (Å²) in [6.45, 7) is 2.90. The van der Waals surface area contributed by atoms with Crippen molar-refractivity contribution in [1.82, 2.24) is 20.0 Å². The molecule has 2 aromatic rings. The highest BCUT2D eigenvalue weighted by atomic mass is 16.6. The first-order chi connectivity index (χ1) is 10.1. The number of nitrogens with one attached hydrogen (secondary N) is 1. The molecule has 8 heteroatoms. The summed E-state index contributed by atoms with van der Waals surface area (Å²) in [5, 5.41) is 18.1. The van der Waals surface area contributed by atoms with E-state index >= 15 is 0 Å². The lowest BCUT2D eigenvalue weighted by Gasteiger charge is -2.31. The molecule has 0 aliphatic carbocycles. The molecule has 0 spiro atoms. The van der Waals surface area contributed by atoms with Gasteiger partial charge in [-0.25, -0.2) is 0 Å². The third kappa shape index (κ3) is 2.45. The summed E-state index contributed by atoms with van der Waals surface area (Å²) in [6.07, 6.45) is 0. The molecule has 8 nitrogen and oxygen atoms in total. The van der Waals surface area contributed by atoms with Gasteiger partial charge < -0.3 is 9.80 Å². The van der Waals surface area contributed by atoms with Gasteiger partial charge in [-0.2, -0.15) is 5.10 Å². The first kappa shape index (κ1) is 13.5. The number of hydrogen-bond acceptors (Lipinski definition) is 5. The number of aromatic amines is 1. The van der Waals surface area contributed by atoms with Gasteiger partial charge in [0.1, 0.15) is 0 Å². The van der Waals surface area contributed by atoms with Crippen molar-refractivity contribution < 1.29 is 9.72 Å². The maximum Gasteiger partial charge on any atom is 0.275 e. The molecule has 0 radical (unpaired) electrons. The Morgan fingerprint density at radius 2 is 2.05 bits per heavy atom. The van der Waals surface area contributed by atoms with Gasteiger partial charge in [0, 0.05) is 43.7 Å². The Kier molecular flexibility index (Phi) is 3.30. The number of likely N-dealkylation sites (N-methyl/N-ethyl adjacent to an activating group) is 1. The Balaban J connectivity index is 1.94. The number of carbonyl (C=O) groups is 1. The van der Waals surface area contributed by atoms with Crippen LogP contribution in [0.1, 0.15) is 10.5 Å². The quantitative estimate of drug-likeness (QED) is 0.653. The van der Waals surface area contributed by atoms with Crippen LogP contribution < -0.4 is 0 Å². The van der Waals surface area contributed by atoms with E-state index in [1.54, 1.807) is 11.0 Å². The number of nitro groups is 1. The number of nitrogens with zero attached hydrogens (tertiary/aromatic N) is 4. The molecular weight excluding hydrogens is 274 g/mol. The number of benzene rings is 1. The number of non-ortho nitro benzene ring substituents is 1. The lowest BCUT2D eigenvalue weighted by atomic mass is 10.1. The highest BCUT2D eigenvalue weighted by molar-refractivity contribution is 6.05. The normalized spacial score (nSPS) is 16.3. The highest BCUT2D eigenvalue weighted by Crippen LogP contribution is 2.23. The average molecular weight is 289 g/mol. The smallest absolute Gasteiger partial charge is 0.275 e. The molecule has 1 amide bonds. The highest BCUT2D eigenvalue weighted by Gasteiger charge is 2.24. The van der Waals surface area contributed by atoms with Crippen LogP contribution in [-0.4, -0.2) is 64.1 Å². The standard InChI is InChI=1S/C13H15N5O3/c1-16-4-6-17(7-5-16)13(19)12-10-8-9(18(20)21)2-3-11(10)14-15-12/h2-3,8H,4-7H2,1H3,(H,14,15). The van der Waals surface area contributed by atoms with E-state index in [1.165, 1.54) is 12.1 Å². The molecular formula is C13H15N5O3. The number of H-pyrrole nitrogens is 1. The predicted octanol–water partition coefficient (Wildman–Crippen LogP) is 0.859. The van der Waals surface area contributed by atoms with Gasteiger partial charge in [-0.3, -0.25) is 20.0 Å². The van der Waals surface area contributed by atoms with Crippen molar-refractivity contribution in [1.29, 1.82) is 0 Å². The molecule has 1 N–H and O–H groups in total. The molecule has 1 saturated heterocycles. The first-order valence-electron chi connectivity index (χ1n) is 6.66. The first-order valence-corrected chi connectivity index (χ1v) is 6.66. The maximum absolute atomic E-state index is 12.5. The fourth-order valence-corrected chi connectivity index (χ4v) is 2.44. The van der Waals surface area contributed by atoms with Gasteiger partial charge in [0.05, 0.1) is 10.4 Å². The summed E-state index contributed by atoms with van der Waals surface area (Å²) in [6, 6.07) is 4.36. The second kappa shape index (κ2) is 5.13. The SMILES string of the molecule is CN1CCN(C(=O)c2n[nH]c3ccc([N+](=O)[O-])cc23)CC1. The van der Waals surface area contributed by atoms with Crippen LogP contribution in [0.25, 0.3) is 10.9 Å². The Hall–Kier alpha value is -2.48. The van der Waals surface area contributed by atoms with E-state index in [2.05, 4.69) is 15.1 Å². The second-order valence-corrected chi connectivity index (χ2v) is 5.15. The zero-order valence-electron chi connectivity index (χ0n) is 11.6. The summed E-state index contributed by atoms with van der Waals surface area (Å²) < 4.78 is 0. The minimum Gasteiger partial charge on any atom is -0.335 e. The number of hydrogen-bond donors (Lipinski definition) is 1. The van der Waals surface area contributed by atoms with E-state index < -0.39 is 4.92 Å². The fraction of sp³-hybridized carbons (Fsp3) is 0.385. The van der Waals surface area contributed by atoms with E-state index in [9.17, 15) is 14.9 Å². The third-order valence-electron chi connectivity index (χ3n) is 3.75. The monoisotopic (exact) mass is 289 g/mol. The number of carbonyl (C=O) groups excluding carboxylic acids is 1. The molecule has 3 rings (SSSR count). The van der Waals surface area contributed by atoms with Gasteiger partial charge in [-0.15, -0.1) is 0 Å². The van der Waals surface area contributed by atoms with E-state index in [0.717, 1.165) is 13.1 Å². The summed E-state index contributed by atoms with van der Waals surface area (Å²) in [7, 11) is 2.01. The average Bonchev–Trinajstić information content (AvgIpc) is 2.90. The minimum absolute atomic E-state index is 0.0451.